The Bertz CT molecular complexity index is 1470. The third-order valence-electron chi connectivity index (χ3n) is 6.39. The molecule has 1 saturated heterocycles. The van der Waals surface area contributed by atoms with Crippen LogP contribution < -0.4 is 20.7 Å². The fourth-order valence-electron chi connectivity index (χ4n) is 4.46. The first-order valence-electron chi connectivity index (χ1n) is 12.5. The van der Waals surface area contributed by atoms with Crippen LogP contribution in [0.5, 0.6) is 0 Å². The van der Waals surface area contributed by atoms with Crippen LogP contribution in [0.2, 0.25) is 0 Å². The van der Waals surface area contributed by atoms with Gasteiger partial charge >= 0.3 is 0 Å². The molecule has 4 heterocycles. The van der Waals surface area contributed by atoms with Gasteiger partial charge in [-0.15, -0.1) is 0 Å². The molecule has 0 saturated carbocycles. The van der Waals surface area contributed by atoms with Crippen LogP contribution in [0.1, 0.15) is 11.4 Å². The topological polar surface area (TPSA) is 90.8 Å². The summed E-state index contributed by atoms with van der Waals surface area (Å²) in [5.74, 6) is 0.881. The Kier molecular flexibility index (Phi) is 6.53. The van der Waals surface area contributed by atoms with Gasteiger partial charge in [-0.1, -0.05) is 6.07 Å². The van der Waals surface area contributed by atoms with Crippen molar-refractivity contribution in [3.63, 3.8) is 0 Å². The number of rotatable bonds is 6. The number of hydrazine groups is 1. The van der Waals surface area contributed by atoms with Gasteiger partial charge in [0.2, 0.25) is 5.95 Å². The molecule has 192 valence electrons. The first-order valence-corrected chi connectivity index (χ1v) is 12.5. The van der Waals surface area contributed by atoms with Gasteiger partial charge in [-0.25, -0.2) is 24.3 Å². The molecule has 0 bridgehead atoms. The maximum absolute atomic E-state index is 14.5. The van der Waals surface area contributed by atoms with Crippen LogP contribution in [-0.4, -0.2) is 53.8 Å². The van der Waals surface area contributed by atoms with Crippen LogP contribution in [0.25, 0.3) is 11.3 Å². The molecule has 2 aromatic carbocycles. The molecule has 0 aliphatic carbocycles. The van der Waals surface area contributed by atoms with Gasteiger partial charge < -0.3 is 15.0 Å². The SMILES string of the molecule is Cc1cccc(C2=NCN(c3ccc(Nc4nccc(-c5cc(F)cc(N6CCOCC6)c5)n4)cc3)N2)n1. The predicted octanol–water partition coefficient (Wildman–Crippen LogP) is 4.30. The van der Waals surface area contributed by atoms with Gasteiger partial charge in [0.1, 0.15) is 18.2 Å². The molecule has 4 aromatic rings. The zero-order chi connectivity index (χ0) is 25.9. The van der Waals surface area contributed by atoms with E-state index in [0.29, 0.717) is 37.1 Å². The largest absolute Gasteiger partial charge is 0.378 e. The van der Waals surface area contributed by atoms with Crippen molar-refractivity contribution >= 4 is 28.8 Å². The summed E-state index contributed by atoms with van der Waals surface area (Å²) in [5, 5.41) is 5.20. The molecule has 2 aliphatic heterocycles. The third-order valence-corrected chi connectivity index (χ3v) is 6.39. The number of halogens is 1. The van der Waals surface area contributed by atoms with E-state index in [-0.39, 0.29) is 5.82 Å². The number of aliphatic imine (C=N–C) groups is 1. The fourth-order valence-corrected chi connectivity index (χ4v) is 4.46. The minimum atomic E-state index is -0.298. The maximum Gasteiger partial charge on any atom is 0.227 e. The van der Waals surface area contributed by atoms with Crippen LogP contribution in [0.3, 0.4) is 0 Å². The molecule has 1 fully saturated rings. The predicted molar refractivity (Wildman–Crippen MR) is 146 cm³/mol. The Balaban J connectivity index is 1.14. The summed E-state index contributed by atoms with van der Waals surface area (Å²) in [5.41, 5.74) is 9.04. The molecule has 6 rings (SSSR count). The standard InChI is InChI=1S/C28H27FN8O/c1-19-3-2-4-26(32-19)27-31-18-37(35-27)23-7-5-22(6-8-23)33-28-30-10-9-25(34-28)20-15-21(29)17-24(16-20)36-11-13-38-14-12-36/h2-10,15-17H,11-14,18H2,1H3,(H,31,35)(H,30,33,34). The average Bonchev–Trinajstić information content (AvgIpc) is 3.44. The molecule has 38 heavy (non-hydrogen) atoms. The lowest BCUT2D eigenvalue weighted by Gasteiger charge is -2.29. The van der Waals surface area contributed by atoms with E-state index in [1.165, 1.54) is 6.07 Å². The van der Waals surface area contributed by atoms with E-state index in [2.05, 4.69) is 35.6 Å². The number of amidine groups is 1. The molecule has 0 spiro atoms. The molecule has 0 amide bonds. The highest BCUT2D eigenvalue weighted by molar-refractivity contribution is 5.99. The molecule has 2 aromatic heterocycles. The number of ether oxygens (including phenoxy) is 1. The zero-order valence-corrected chi connectivity index (χ0v) is 20.9. The van der Waals surface area contributed by atoms with E-state index in [4.69, 9.17) is 4.74 Å². The Hall–Kier alpha value is -4.57. The molecule has 0 unspecified atom stereocenters. The van der Waals surface area contributed by atoms with Crippen molar-refractivity contribution in [1.82, 2.24) is 20.4 Å². The molecule has 0 atom stereocenters. The summed E-state index contributed by atoms with van der Waals surface area (Å²) >= 11 is 0. The number of aromatic nitrogens is 3. The van der Waals surface area contributed by atoms with E-state index in [9.17, 15) is 4.39 Å². The van der Waals surface area contributed by atoms with Gasteiger partial charge in [-0.3, -0.25) is 10.4 Å². The van der Waals surface area contributed by atoms with Crippen molar-refractivity contribution < 1.29 is 9.13 Å². The highest BCUT2D eigenvalue weighted by Crippen LogP contribution is 2.27. The van der Waals surface area contributed by atoms with Crippen LogP contribution in [0.15, 0.2) is 77.9 Å². The van der Waals surface area contributed by atoms with Crippen molar-refractivity contribution in [2.24, 2.45) is 4.99 Å². The van der Waals surface area contributed by atoms with Crippen molar-refractivity contribution in [2.75, 3.05) is 48.2 Å². The first kappa shape index (κ1) is 23.8. The van der Waals surface area contributed by atoms with E-state index in [0.717, 1.165) is 47.4 Å². The number of anilines is 4. The maximum atomic E-state index is 14.5. The van der Waals surface area contributed by atoms with Crippen molar-refractivity contribution in [1.29, 1.82) is 0 Å². The van der Waals surface area contributed by atoms with Crippen LogP contribution >= 0.6 is 0 Å². The van der Waals surface area contributed by atoms with E-state index >= 15 is 0 Å². The van der Waals surface area contributed by atoms with Crippen LogP contribution in [0.4, 0.5) is 27.4 Å². The second kappa shape index (κ2) is 10.4. The van der Waals surface area contributed by atoms with E-state index in [1.807, 2.05) is 60.5 Å². The normalized spacial score (nSPS) is 15.3. The summed E-state index contributed by atoms with van der Waals surface area (Å²) < 4.78 is 19.9. The second-order valence-electron chi connectivity index (χ2n) is 9.09. The fraction of sp³-hybridized carbons (Fsp3) is 0.214. The molecule has 0 radical (unpaired) electrons. The minimum Gasteiger partial charge on any atom is -0.378 e. The van der Waals surface area contributed by atoms with Crippen LogP contribution in [-0.2, 0) is 4.74 Å². The quantitative estimate of drug-likeness (QED) is 0.397. The zero-order valence-electron chi connectivity index (χ0n) is 20.9. The summed E-state index contributed by atoms with van der Waals surface area (Å²) in [6, 6.07) is 20.5. The van der Waals surface area contributed by atoms with E-state index in [1.54, 1.807) is 18.3 Å². The smallest absolute Gasteiger partial charge is 0.227 e. The first-order chi connectivity index (χ1) is 18.6. The van der Waals surface area contributed by atoms with Gasteiger partial charge in [0.15, 0.2) is 5.84 Å². The number of morpholine rings is 1. The number of aryl methyl sites for hydroxylation is 1. The van der Waals surface area contributed by atoms with Gasteiger partial charge in [0, 0.05) is 41.9 Å². The van der Waals surface area contributed by atoms with Gasteiger partial charge in [0.05, 0.1) is 24.6 Å². The Morgan fingerprint density at radius 3 is 2.58 bits per heavy atom. The number of hydrogen-bond acceptors (Lipinski definition) is 9. The molecular formula is C28H27FN8O. The Labute approximate surface area is 220 Å². The average molecular weight is 511 g/mol. The summed E-state index contributed by atoms with van der Waals surface area (Å²) in [6.45, 7) is 5.19. The number of pyridine rings is 1. The highest BCUT2D eigenvalue weighted by atomic mass is 19.1. The highest BCUT2D eigenvalue weighted by Gasteiger charge is 2.18. The van der Waals surface area contributed by atoms with E-state index < -0.39 is 0 Å². The van der Waals surface area contributed by atoms with Crippen molar-refractivity contribution in [3.05, 3.63) is 90.1 Å². The van der Waals surface area contributed by atoms with Gasteiger partial charge in [-0.2, -0.15) is 0 Å². The summed E-state index contributed by atoms with van der Waals surface area (Å²) in [6.07, 6.45) is 1.67. The number of hydrogen-bond donors (Lipinski definition) is 2. The Morgan fingerprint density at radius 1 is 0.921 bits per heavy atom. The van der Waals surface area contributed by atoms with Crippen LogP contribution in [0, 0.1) is 12.7 Å². The molecule has 2 aliphatic rings. The molecule has 9 nitrogen and oxygen atoms in total. The monoisotopic (exact) mass is 510 g/mol. The van der Waals surface area contributed by atoms with Crippen molar-refractivity contribution in [2.45, 2.75) is 6.92 Å². The summed E-state index contributed by atoms with van der Waals surface area (Å²) in [7, 11) is 0. The van der Waals surface area contributed by atoms with Gasteiger partial charge in [-0.05, 0) is 67.6 Å². The third kappa shape index (κ3) is 5.25. The molecule has 10 heteroatoms. The molecular weight excluding hydrogens is 483 g/mol. The second-order valence-corrected chi connectivity index (χ2v) is 9.09. The lowest BCUT2D eigenvalue weighted by molar-refractivity contribution is 0.122. The lowest BCUT2D eigenvalue weighted by atomic mass is 10.1. The minimum absolute atomic E-state index is 0.298. The summed E-state index contributed by atoms with van der Waals surface area (Å²) in [4.78, 5) is 20.2. The Morgan fingerprint density at radius 2 is 1.76 bits per heavy atom. The number of nitrogens with zero attached hydrogens (tertiary/aromatic N) is 6. The van der Waals surface area contributed by atoms with Crippen molar-refractivity contribution in [3.8, 4) is 11.3 Å². The number of benzene rings is 2. The lowest BCUT2D eigenvalue weighted by Crippen LogP contribution is -2.36. The number of nitrogens with one attached hydrogen (secondary N) is 2. The molecule has 2 N–H and O–H groups in total. The van der Waals surface area contributed by atoms with Gasteiger partial charge in [0.25, 0.3) is 0 Å².